The number of carboxylic acids is 1. The van der Waals surface area contributed by atoms with Crippen LogP contribution in [0, 0.1) is 0 Å². The molecule has 0 bridgehead atoms. The van der Waals surface area contributed by atoms with Crippen LogP contribution in [-0.2, 0) is 20.9 Å². The average molecular weight is 605 g/mol. The van der Waals surface area contributed by atoms with E-state index in [2.05, 4.69) is 15.6 Å². The van der Waals surface area contributed by atoms with Gasteiger partial charge in [-0.3, -0.25) is 28.5 Å². The zero-order valence-electron chi connectivity index (χ0n) is 23.9. The second kappa shape index (κ2) is 13.9. The normalized spacial score (nSPS) is 11.4. The number of carbonyl (C=O) groups excluding carboxylic acids is 3. The molecule has 0 fully saturated rings. The number of carboxylic acid groups (broad SMARTS) is 1. The summed E-state index contributed by atoms with van der Waals surface area (Å²) in [5.74, 6) is -2.80. The first-order valence-electron chi connectivity index (χ1n) is 14.0. The third kappa shape index (κ3) is 7.46. The molecule has 11 heteroatoms. The van der Waals surface area contributed by atoms with E-state index >= 15 is 0 Å². The summed E-state index contributed by atoms with van der Waals surface area (Å²) in [5, 5.41) is 16.0. The molecule has 226 valence electrons. The van der Waals surface area contributed by atoms with Crippen molar-refractivity contribution in [3.05, 3.63) is 125 Å². The van der Waals surface area contributed by atoms with E-state index in [0.717, 1.165) is 9.95 Å². The first kappa shape index (κ1) is 30.4. The summed E-state index contributed by atoms with van der Waals surface area (Å²) in [5.41, 5.74) is -0.0311. The van der Waals surface area contributed by atoms with Gasteiger partial charge in [0.05, 0.1) is 12.6 Å². The van der Waals surface area contributed by atoms with Crippen LogP contribution in [0.1, 0.15) is 16.8 Å². The molecule has 0 spiro atoms. The Morgan fingerprint density at radius 3 is 2.24 bits per heavy atom. The molecule has 1 heterocycles. The van der Waals surface area contributed by atoms with Crippen LogP contribution in [-0.4, -0.2) is 50.9 Å². The molecular weight excluding hydrogens is 576 g/mol. The number of hydrogen-bond donors (Lipinski definition) is 3. The van der Waals surface area contributed by atoms with Crippen LogP contribution in [0.4, 0.5) is 5.69 Å². The minimum Gasteiger partial charge on any atom is -0.486 e. The number of nitrogens with one attached hydrogen (secondary N) is 2. The van der Waals surface area contributed by atoms with E-state index < -0.39 is 54.7 Å². The number of carbonyl (C=O) groups is 4. The number of para-hydroxylation sites is 1. The number of fused-ring (bicyclic) bond motifs is 1. The minimum absolute atomic E-state index is 0.132. The van der Waals surface area contributed by atoms with Crippen molar-refractivity contribution in [2.45, 2.75) is 19.0 Å². The Bertz CT molecular complexity index is 1920. The van der Waals surface area contributed by atoms with Crippen LogP contribution in [0.25, 0.3) is 22.2 Å². The Kier molecular flexibility index (Phi) is 9.39. The third-order valence-electron chi connectivity index (χ3n) is 6.89. The highest BCUT2D eigenvalue weighted by atomic mass is 16.5. The number of anilines is 1. The Hall–Kier alpha value is -6.10. The second-order valence-electron chi connectivity index (χ2n) is 10.0. The molecule has 0 radical (unpaired) electrons. The number of aliphatic carboxylic acids is 1. The zero-order valence-corrected chi connectivity index (χ0v) is 23.9. The number of amides is 2. The van der Waals surface area contributed by atoms with Crippen molar-refractivity contribution < 1.29 is 29.0 Å². The van der Waals surface area contributed by atoms with Gasteiger partial charge in [0.2, 0.25) is 5.91 Å². The number of rotatable bonds is 12. The molecule has 1 atom stereocenters. The molecule has 0 unspecified atom stereocenters. The van der Waals surface area contributed by atoms with E-state index in [4.69, 9.17) is 4.74 Å². The van der Waals surface area contributed by atoms with Crippen LogP contribution < -0.4 is 20.9 Å². The van der Waals surface area contributed by atoms with Gasteiger partial charge in [0.1, 0.15) is 36.5 Å². The number of benzene rings is 4. The van der Waals surface area contributed by atoms with Gasteiger partial charge in [0, 0.05) is 11.1 Å². The number of ketones is 1. The maximum atomic E-state index is 13.7. The van der Waals surface area contributed by atoms with Gasteiger partial charge in [-0.1, -0.05) is 84.9 Å². The van der Waals surface area contributed by atoms with Gasteiger partial charge >= 0.3 is 5.97 Å². The molecule has 1 aromatic heterocycles. The molecule has 4 aromatic carbocycles. The summed E-state index contributed by atoms with van der Waals surface area (Å²) in [7, 11) is 0. The molecular formula is C34H28N4O7. The average Bonchev–Trinajstić information content (AvgIpc) is 3.05. The quantitative estimate of drug-likeness (QED) is 0.193. The number of Topliss-reactive ketones (excluding diaryl/α,β-unsaturated/α-hetero) is 1. The van der Waals surface area contributed by atoms with E-state index in [9.17, 15) is 29.1 Å². The predicted molar refractivity (Wildman–Crippen MR) is 167 cm³/mol. The van der Waals surface area contributed by atoms with E-state index in [1.807, 2.05) is 18.2 Å². The van der Waals surface area contributed by atoms with Crippen LogP contribution in [0.2, 0.25) is 0 Å². The fraction of sp³-hybridized carbons (Fsp3) is 0.118. The highest BCUT2D eigenvalue weighted by molar-refractivity contribution is 6.12. The summed E-state index contributed by atoms with van der Waals surface area (Å²) in [4.78, 5) is 69.0. The summed E-state index contributed by atoms with van der Waals surface area (Å²) in [6.07, 6.45) is 0.530. The van der Waals surface area contributed by atoms with Crippen molar-refractivity contribution in [1.29, 1.82) is 0 Å². The van der Waals surface area contributed by atoms with Crippen molar-refractivity contribution >= 4 is 40.0 Å². The molecule has 0 saturated carbocycles. The molecule has 11 nitrogen and oxygen atoms in total. The molecule has 5 aromatic rings. The Labute approximate surface area is 257 Å². The first-order chi connectivity index (χ1) is 21.8. The summed E-state index contributed by atoms with van der Waals surface area (Å²) >= 11 is 0. The lowest BCUT2D eigenvalue weighted by atomic mass is 10.0. The maximum absolute atomic E-state index is 13.7. The standard InChI is InChI=1S/C34H28N4O7/c39-29(21-45-24-14-5-2-6-15-24)27(18-31(41)42)36-30(40)20-38-32(23-11-3-1-4-12-23)35-19-28(34(38)44)37-33(43)26-17-9-13-22-10-7-8-16-25(22)26/h1-17,19,27H,18,20-21H2,(H,36,40)(H,37,43)(H,41,42)/t27-/m0/s1. The topological polar surface area (TPSA) is 157 Å². The number of hydrogen-bond acceptors (Lipinski definition) is 7. The molecule has 0 aliphatic rings. The van der Waals surface area contributed by atoms with Gasteiger partial charge in [0.25, 0.3) is 11.5 Å². The van der Waals surface area contributed by atoms with Gasteiger partial charge in [-0.2, -0.15) is 0 Å². The van der Waals surface area contributed by atoms with Crippen molar-refractivity contribution in [1.82, 2.24) is 14.9 Å². The summed E-state index contributed by atoms with van der Waals surface area (Å²) < 4.78 is 6.50. The lowest BCUT2D eigenvalue weighted by Gasteiger charge is -2.18. The van der Waals surface area contributed by atoms with E-state index in [1.54, 1.807) is 84.9 Å². The van der Waals surface area contributed by atoms with Gasteiger partial charge in [-0.15, -0.1) is 0 Å². The largest absolute Gasteiger partial charge is 0.486 e. The monoisotopic (exact) mass is 604 g/mol. The number of nitrogens with zero attached hydrogens (tertiary/aromatic N) is 2. The van der Waals surface area contributed by atoms with Crippen molar-refractivity contribution in [2.24, 2.45) is 0 Å². The van der Waals surface area contributed by atoms with E-state index in [0.29, 0.717) is 22.3 Å². The fourth-order valence-corrected chi connectivity index (χ4v) is 4.73. The fourth-order valence-electron chi connectivity index (χ4n) is 4.73. The van der Waals surface area contributed by atoms with E-state index in [1.165, 1.54) is 6.20 Å². The molecule has 3 N–H and O–H groups in total. The lowest BCUT2D eigenvalue weighted by molar-refractivity contribution is -0.140. The number of ether oxygens (including phenoxy) is 1. The SMILES string of the molecule is O=C(O)C[C@H](NC(=O)Cn1c(-c2ccccc2)ncc(NC(=O)c2cccc3ccccc23)c1=O)C(=O)COc1ccccc1. The van der Waals surface area contributed by atoms with Crippen LogP contribution in [0.15, 0.2) is 114 Å². The van der Waals surface area contributed by atoms with Gasteiger partial charge in [-0.25, -0.2) is 4.98 Å². The van der Waals surface area contributed by atoms with Crippen molar-refractivity contribution in [3.63, 3.8) is 0 Å². The van der Waals surface area contributed by atoms with E-state index in [-0.39, 0.29) is 11.5 Å². The van der Waals surface area contributed by atoms with Gasteiger partial charge in [-0.05, 0) is 29.0 Å². The third-order valence-corrected chi connectivity index (χ3v) is 6.89. The highest BCUT2D eigenvalue weighted by Crippen LogP contribution is 2.20. The molecule has 0 aliphatic heterocycles. The Morgan fingerprint density at radius 1 is 0.844 bits per heavy atom. The maximum Gasteiger partial charge on any atom is 0.305 e. The second-order valence-corrected chi connectivity index (χ2v) is 10.0. The zero-order chi connectivity index (χ0) is 31.8. The van der Waals surface area contributed by atoms with Crippen molar-refractivity contribution in [2.75, 3.05) is 11.9 Å². The summed E-state index contributed by atoms with van der Waals surface area (Å²) in [6.45, 7) is -1.09. The molecule has 2 amide bonds. The number of aromatic nitrogens is 2. The van der Waals surface area contributed by atoms with Crippen LogP contribution in [0.5, 0.6) is 5.75 Å². The van der Waals surface area contributed by atoms with Crippen LogP contribution in [0.3, 0.4) is 0 Å². The van der Waals surface area contributed by atoms with Crippen LogP contribution >= 0.6 is 0 Å². The smallest absolute Gasteiger partial charge is 0.305 e. The van der Waals surface area contributed by atoms with Crippen molar-refractivity contribution in [3.8, 4) is 17.1 Å². The first-order valence-corrected chi connectivity index (χ1v) is 14.0. The predicted octanol–water partition coefficient (Wildman–Crippen LogP) is 3.92. The molecule has 0 aliphatic carbocycles. The Balaban J connectivity index is 1.41. The highest BCUT2D eigenvalue weighted by Gasteiger charge is 2.25. The molecule has 5 rings (SSSR count). The lowest BCUT2D eigenvalue weighted by Crippen LogP contribution is -2.46. The van der Waals surface area contributed by atoms with Gasteiger partial charge in [0.15, 0.2) is 5.78 Å². The Morgan fingerprint density at radius 2 is 1.51 bits per heavy atom. The molecule has 45 heavy (non-hydrogen) atoms. The van der Waals surface area contributed by atoms with Gasteiger partial charge < -0.3 is 20.5 Å². The summed E-state index contributed by atoms with van der Waals surface area (Å²) in [6, 6.07) is 28.2. The minimum atomic E-state index is -1.42. The molecule has 0 saturated heterocycles.